The summed E-state index contributed by atoms with van der Waals surface area (Å²) in [6.45, 7) is -0.0922. The van der Waals surface area contributed by atoms with E-state index in [0.29, 0.717) is 4.90 Å². The minimum absolute atomic E-state index is 0.00690. The maximum Gasteiger partial charge on any atom is 0.178 e. The Hall–Kier alpha value is -0.805. The SMILES string of the molecule is Bc1cccc(S(=O)(=O)CCCO)c1. The van der Waals surface area contributed by atoms with E-state index in [4.69, 9.17) is 5.11 Å². The number of rotatable bonds is 4. The van der Waals surface area contributed by atoms with Gasteiger partial charge in [0.05, 0.1) is 10.6 Å². The first-order valence-corrected chi connectivity index (χ1v) is 6.12. The number of hydrogen-bond acceptors (Lipinski definition) is 3. The molecule has 76 valence electrons. The average Bonchev–Trinajstić information content (AvgIpc) is 2.15. The van der Waals surface area contributed by atoms with Gasteiger partial charge in [0.2, 0.25) is 0 Å². The van der Waals surface area contributed by atoms with Crippen LogP contribution < -0.4 is 5.46 Å². The van der Waals surface area contributed by atoms with E-state index in [0.717, 1.165) is 5.46 Å². The standard InChI is InChI=1S/C9H13BO3S/c10-8-3-1-4-9(7-8)14(12,13)6-2-5-11/h1,3-4,7,11H,2,5-6,10H2. The first-order valence-electron chi connectivity index (χ1n) is 4.46. The molecule has 0 bridgehead atoms. The minimum Gasteiger partial charge on any atom is -0.396 e. The molecule has 0 fully saturated rings. The van der Waals surface area contributed by atoms with Gasteiger partial charge in [0.15, 0.2) is 9.84 Å². The third-order valence-corrected chi connectivity index (χ3v) is 3.72. The second kappa shape index (κ2) is 4.62. The van der Waals surface area contributed by atoms with Crippen molar-refractivity contribution in [3.8, 4) is 0 Å². The third-order valence-electron chi connectivity index (χ3n) is 1.92. The molecule has 1 rings (SSSR count). The van der Waals surface area contributed by atoms with Crippen molar-refractivity contribution in [2.75, 3.05) is 12.4 Å². The molecule has 14 heavy (non-hydrogen) atoms. The van der Waals surface area contributed by atoms with Crippen LogP contribution >= 0.6 is 0 Å². The molecular formula is C9H13BO3S. The van der Waals surface area contributed by atoms with Gasteiger partial charge in [-0.05, 0) is 18.6 Å². The number of sulfone groups is 1. The average molecular weight is 212 g/mol. The van der Waals surface area contributed by atoms with Crippen molar-refractivity contribution in [3.63, 3.8) is 0 Å². The lowest BCUT2D eigenvalue weighted by atomic mass is 9.97. The Bertz CT molecular complexity index is 400. The van der Waals surface area contributed by atoms with Gasteiger partial charge in [-0.15, -0.1) is 0 Å². The number of benzene rings is 1. The quantitative estimate of drug-likeness (QED) is 0.658. The molecule has 1 aromatic rings. The lowest BCUT2D eigenvalue weighted by molar-refractivity contribution is 0.295. The molecule has 5 heteroatoms. The molecule has 0 heterocycles. The number of aliphatic hydroxyl groups is 1. The fourth-order valence-corrected chi connectivity index (χ4v) is 2.58. The summed E-state index contributed by atoms with van der Waals surface area (Å²) in [7, 11) is -1.35. The van der Waals surface area contributed by atoms with Crippen LogP contribution in [-0.4, -0.2) is 33.7 Å². The van der Waals surface area contributed by atoms with Gasteiger partial charge in [-0.3, -0.25) is 0 Å². The molecule has 0 aromatic heterocycles. The largest absolute Gasteiger partial charge is 0.396 e. The van der Waals surface area contributed by atoms with Crippen LogP contribution in [-0.2, 0) is 9.84 Å². The van der Waals surface area contributed by atoms with E-state index in [1.807, 2.05) is 13.9 Å². The molecule has 0 unspecified atom stereocenters. The summed E-state index contributed by atoms with van der Waals surface area (Å²) in [5.74, 6) is 0.00690. The topological polar surface area (TPSA) is 54.4 Å². The van der Waals surface area contributed by atoms with Crippen LogP contribution in [0.25, 0.3) is 0 Å². The van der Waals surface area contributed by atoms with E-state index < -0.39 is 9.84 Å². The summed E-state index contributed by atoms with van der Waals surface area (Å²) in [6.07, 6.45) is 0.288. The zero-order valence-corrected chi connectivity index (χ0v) is 8.92. The second-order valence-electron chi connectivity index (χ2n) is 3.21. The van der Waals surface area contributed by atoms with Gasteiger partial charge < -0.3 is 5.11 Å². The lowest BCUT2D eigenvalue weighted by Crippen LogP contribution is -2.11. The van der Waals surface area contributed by atoms with Crippen LogP contribution in [0.2, 0.25) is 0 Å². The Morgan fingerprint density at radius 1 is 1.36 bits per heavy atom. The van der Waals surface area contributed by atoms with E-state index >= 15 is 0 Å². The molecule has 1 N–H and O–H groups in total. The highest BCUT2D eigenvalue weighted by Crippen LogP contribution is 2.09. The normalized spacial score (nSPS) is 11.5. The molecule has 3 nitrogen and oxygen atoms in total. The molecule has 1 aromatic carbocycles. The summed E-state index contributed by atoms with van der Waals surface area (Å²) in [4.78, 5) is 0.339. The predicted octanol–water partition coefficient (Wildman–Crippen LogP) is -0.899. The maximum atomic E-state index is 11.6. The van der Waals surface area contributed by atoms with Crippen molar-refractivity contribution in [2.45, 2.75) is 11.3 Å². The van der Waals surface area contributed by atoms with Crippen LogP contribution in [0, 0.1) is 0 Å². The molecule has 0 amide bonds. The monoisotopic (exact) mass is 212 g/mol. The molecule has 0 aliphatic heterocycles. The lowest BCUT2D eigenvalue weighted by Gasteiger charge is -2.03. The van der Waals surface area contributed by atoms with E-state index in [9.17, 15) is 8.42 Å². The summed E-state index contributed by atoms with van der Waals surface area (Å²) >= 11 is 0. The van der Waals surface area contributed by atoms with Crippen LogP contribution in [0.3, 0.4) is 0 Å². The number of hydrogen-bond donors (Lipinski definition) is 1. The Morgan fingerprint density at radius 2 is 2.07 bits per heavy atom. The van der Waals surface area contributed by atoms with Gasteiger partial charge >= 0.3 is 0 Å². The van der Waals surface area contributed by atoms with Crippen molar-refractivity contribution in [3.05, 3.63) is 24.3 Å². The highest BCUT2D eigenvalue weighted by molar-refractivity contribution is 7.91. The molecule has 0 aliphatic carbocycles. The third kappa shape index (κ3) is 2.85. The van der Waals surface area contributed by atoms with E-state index in [1.165, 1.54) is 0 Å². The first kappa shape index (κ1) is 11.3. The highest BCUT2D eigenvalue weighted by atomic mass is 32.2. The Morgan fingerprint density at radius 3 is 2.64 bits per heavy atom. The van der Waals surface area contributed by atoms with Crippen molar-refractivity contribution >= 4 is 23.1 Å². The van der Waals surface area contributed by atoms with E-state index in [2.05, 4.69) is 0 Å². The summed E-state index contributed by atoms with van der Waals surface area (Å²) in [6, 6.07) is 6.80. The Balaban J connectivity index is 2.93. The molecule has 0 saturated heterocycles. The van der Waals surface area contributed by atoms with Crippen molar-refractivity contribution in [1.29, 1.82) is 0 Å². The highest BCUT2D eigenvalue weighted by Gasteiger charge is 2.12. The zero-order chi connectivity index (χ0) is 10.6. The molecule has 0 saturated carbocycles. The fourth-order valence-electron chi connectivity index (χ4n) is 1.18. The predicted molar refractivity (Wildman–Crippen MR) is 58.4 cm³/mol. The van der Waals surface area contributed by atoms with Crippen molar-refractivity contribution in [2.24, 2.45) is 0 Å². The van der Waals surface area contributed by atoms with E-state index in [1.54, 1.807) is 18.2 Å². The molecule has 0 aliphatic rings. The first-order chi connectivity index (χ1) is 6.56. The van der Waals surface area contributed by atoms with Gasteiger partial charge in [0.1, 0.15) is 7.85 Å². The van der Waals surface area contributed by atoms with Crippen LogP contribution in [0.15, 0.2) is 29.2 Å². The van der Waals surface area contributed by atoms with Crippen LogP contribution in [0.1, 0.15) is 6.42 Å². The van der Waals surface area contributed by atoms with Crippen LogP contribution in [0.5, 0.6) is 0 Å². The van der Waals surface area contributed by atoms with Gasteiger partial charge in [0, 0.05) is 6.61 Å². The van der Waals surface area contributed by atoms with Gasteiger partial charge in [-0.25, -0.2) is 8.42 Å². The molecule has 0 radical (unpaired) electrons. The summed E-state index contributed by atoms with van der Waals surface area (Å²) in [5, 5.41) is 8.57. The van der Waals surface area contributed by atoms with Crippen molar-refractivity contribution in [1.82, 2.24) is 0 Å². The minimum atomic E-state index is -3.20. The van der Waals surface area contributed by atoms with Gasteiger partial charge in [-0.1, -0.05) is 17.6 Å². The van der Waals surface area contributed by atoms with Crippen molar-refractivity contribution < 1.29 is 13.5 Å². The van der Waals surface area contributed by atoms with E-state index in [-0.39, 0.29) is 18.8 Å². The Labute approximate surface area is 85.1 Å². The smallest absolute Gasteiger partial charge is 0.178 e. The molecular weight excluding hydrogens is 199 g/mol. The van der Waals surface area contributed by atoms with Gasteiger partial charge in [0.25, 0.3) is 0 Å². The zero-order valence-electron chi connectivity index (χ0n) is 8.10. The van der Waals surface area contributed by atoms with Crippen LogP contribution in [0.4, 0.5) is 0 Å². The second-order valence-corrected chi connectivity index (χ2v) is 5.32. The summed E-state index contributed by atoms with van der Waals surface area (Å²) in [5.41, 5.74) is 0.926. The Kier molecular flexibility index (Phi) is 3.72. The molecule has 0 spiro atoms. The number of aliphatic hydroxyl groups excluding tert-OH is 1. The van der Waals surface area contributed by atoms with Gasteiger partial charge in [-0.2, -0.15) is 0 Å². The summed E-state index contributed by atoms with van der Waals surface area (Å²) < 4.78 is 23.3. The molecule has 0 atom stereocenters. The fraction of sp³-hybridized carbons (Fsp3) is 0.333. The maximum absolute atomic E-state index is 11.6.